The Bertz CT molecular complexity index is 695. The number of aromatic nitrogens is 2. The smallest absolute Gasteiger partial charge is 0.191 e. The van der Waals surface area contributed by atoms with Crippen molar-refractivity contribution in [3.8, 4) is 0 Å². The van der Waals surface area contributed by atoms with Crippen LogP contribution in [0.1, 0.15) is 31.9 Å². The predicted octanol–water partition coefficient (Wildman–Crippen LogP) is 3.28. The molecule has 2 rings (SSSR count). The second-order valence-electron chi connectivity index (χ2n) is 7.37. The number of halogens is 1. The summed E-state index contributed by atoms with van der Waals surface area (Å²) in [4.78, 5) is 4.32. The number of nitrogens with zero attached hydrogens (tertiary/aromatic N) is 3. The van der Waals surface area contributed by atoms with Crippen molar-refractivity contribution in [2.75, 3.05) is 20.7 Å². The normalized spacial score (nSPS) is 13.0. The van der Waals surface area contributed by atoms with Gasteiger partial charge in [0.2, 0.25) is 0 Å². The quantitative estimate of drug-likeness (QED) is 0.359. The highest BCUT2D eigenvalue weighted by Crippen LogP contribution is 2.20. The molecule has 0 amide bonds. The Morgan fingerprint density at radius 2 is 1.89 bits per heavy atom. The van der Waals surface area contributed by atoms with Crippen LogP contribution in [0.4, 0.5) is 0 Å². The highest BCUT2D eigenvalue weighted by Gasteiger charge is 2.24. The van der Waals surface area contributed by atoms with E-state index in [2.05, 4.69) is 65.8 Å². The third kappa shape index (κ3) is 7.50. The van der Waals surface area contributed by atoms with Gasteiger partial charge in [0, 0.05) is 39.6 Å². The van der Waals surface area contributed by atoms with E-state index in [-0.39, 0.29) is 35.5 Å². The number of hydrogen-bond acceptors (Lipinski definition) is 3. The molecule has 1 unspecified atom stereocenters. The molecule has 2 aromatic rings. The maximum atomic E-state index is 5.60. The zero-order valence-corrected chi connectivity index (χ0v) is 19.2. The minimum Gasteiger partial charge on any atom is -0.379 e. The highest BCUT2D eigenvalue weighted by atomic mass is 127. The van der Waals surface area contributed by atoms with Crippen LogP contribution in [-0.2, 0) is 17.8 Å². The van der Waals surface area contributed by atoms with Gasteiger partial charge >= 0.3 is 0 Å². The molecule has 1 heterocycles. The molecular formula is C20H32IN5O. The largest absolute Gasteiger partial charge is 0.379 e. The zero-order chi connectivity index (χ0) is 19.0. The van der Waals surface area contributed by atoms with Gasteiger partial charge in [-0.3, -0.25) is 9.67 Å². The Kier molecular flexibility index (Phi) is 9.79. The average Bonchev–Trinajstić information content (AvgIpc) is 3.11. The Balaban J connectivity index is 0.00000364. The lowest BCUT2D eigenvalue weighted by atomic mass is 9.89. The van der Waals surface area contributed by atoms with Gasteiger partial charge in [-0.2, -0.15) is 5.10 Å². The van der Waals surface area contributed by atoms with Gasteiger partial charge in [-0.15, -0.1) is 24.0 Å². The molecule has 0 aliphatic carbocycles. The van der Waals surface area contributed by atoms with Crippen molar-refractivity contribution in [1.82, 2.24) is 20.4 Å². The molecule has 150 valence electrons. The van der Waals surface area contributed by atoms with Crippen LogP contribution in [0.15, 0.2) is 47.7 Å². The molecule has 7 heteroatoms. The van der Waals surface area contributed by atoms with E-state index in [9.17, 15) is 0 Å². The van der Waals surface area contributed by atoms with Crippen LogP contribution < -0.4 is 10.6 Å². The van der Waals surface area contributed by atoms with E-state index in [4.69, 9.17) is 4.74 Å². The summed E-state index contributed by atoms with van der Waals surface area (Å²) in [6.45, 7) is 8.67. The van der Waals surface area contributed by atoms with E-state index in [1.807, 2.05) is 16.9 Å². The molecule has 0 radical (unpaired) electrons. The predicted molar refractivity (Wildman–Crippen MR) is 122 cm³/mol. The Morgan fingerprint density at radius 1 is 1.19 bits per heavy atom. The molecular weight excluding hydrogens is 453 g/mol. The topological polar surface area (TPSA) is 63.5 Å². The maximum absolute atomic E-state index is 5.60. The van der Waals surface area contributed by atoms with E-state index < -0.39 is 0 Å². The monoisotopic (exact) mass is 485 g/mol. The Hall–Kier alpha value is -1.61. The Labute approximate surface area is 179 Å². The van der Waals surface area contributed by atoms with Gasteiger partial charge in [0.25, 0.3) is 0 Å². The molecule has 0 saturated heterocycles. The first kappa shape index (κ1) is 23.4. The summed E-state index contributed by atoms with van der Waals surface area (Å²) in [7, 11) is 3.53. The minimum atomic E-state index is 0. The van der Waals surface area contributed by atoms with E-state index in [1.54, 1.807) is 20.4 Å². The van der Waals surface area contributed by atoms with Crippen LogP contribution in [0.25, 0.3) is 0 Å². The molecule has 6 nitrogen and oxygen atoms in total. The fourth-order valence-electron chi connectivity index (χ4n) is 2.78. The summed E-state index contributed by atoms with van der Waals surface area (Å²) in [5, 5.41) is 11.0. The minimum absolute atomic E-state index is 0. The highest BCUT2D eigenvalue weighted by molar-refractivity contribution is 14.0. The first-order valence-electron chi connectivity index (χ1n) is 8.95. The number of nitrogens with one attached hydrogen (secondary N) is 2. The van der Waals surface area contributed by atoms with Crippen LogP contribution in [0.5, 0.6) is 0 Å². The first-order valence-corrected chi connectivity index (χ1v) is 8.95. The number of aliphatic imine (C=N–C) groups is 1. The van der Waals surface area contributed by atoms with Crippen LogP contribution in [-0.4, -0.2) is 42.5 Å². The number of guanidine groups is 1. The summed E-state index contributed by atoms with van der Waals surface area (Å²) < 4.78 is 7.52. The molecule has 1 atom stereocenters. The number of rotatable bonds is 7. The fourth-order valence-corrected chi connectivity index (χ4v) is 2.78. The van der Waals surface area contributed by atoms with E-state index in [0.717, 1.165) is 12.5 Å². The van der Waals surface area contributed by atoms with E-state index in [0.29, 0.717) is 13.1 Å². The molecule has 0 aliphatic heterocycles. The lowest BCUT2D eigenvalue weighted by molar-refractivity contribution is 0.0205. The second kappa shape index (κ2) is 11.3. The van der Waals surface area contributed by atoms with Gasteiger partial charge in [0.05, 0.1) is 12.6 Å². The number of ether oxygens (including phenoxy) is 1. The van der Waals surface area contributed by atoms with Crippen LogP contribution in [0, 0.1) is 5.41 Å². The second-order valence-corrected chi connectivity index (χ2v) is 7.37. The lowest BCUT2D eigenvalue weighted by Gasteiger charge is -2.30. The van der Waals surface area contributed by atoms with E-state index >= 15 is 0 Å². The molecule has 1 aromatic heterocycles. The van der Waals surface area contributed by atoms with Gasteiger partial charge < -0.3 is 15.4 Å². The fraction of sp³-hybridized carbons (Fsp3) is 0.500. The number of methoxy groups -OCH3 is 1. The van der Waals surface area contributed by atoms with Crippen LogP contribution in [0.2, 0.25) is 0 Å². The molecule has 1 aromatic carbocycles. The van der Waals surface area contributed by atoms with Gasteiger partial charge in [-0.25, -0.2) is 0 Å². The van der Waals surface area contributed by atoms with Crippen LogP contribution in [0.3, 0.4) is 0 Å². The van der Waals surface area contributed by atoms with Crippen molar-refractivity contribution in [3.05, 3.63) is 53.9 Å². The van der Waals surface area contributed by atoms with Gasteiger partial charge in [0.15, 0.2) is 5.96 Å². The summed E-state index contributed by atoms with van der Waals surface area (Å²) in [5.41, 5.74) is 2.53. The summed E-state index contributed by atoms with van der Waals surface area (Å²) >= 11 is 0. The van der Waals surface area contributed by atoms with Gasteiger partial charge in [-0.05, 0) is 22.6 Å². The van der Waals surface area contributed by atoms with E-state index in [1.165, 1.54) is 11.1 Å². The van der Waals surface area contributed by atoms with Gasteiger partial charge in [0.1, 0.15) is 0 Å². The molecule has 0 fully saturated rings. The number of hydrogen-bond donors (Lipinski definition) is 2. The third-order valence-electron chi connectivity index (χ3n) is 4.39. The van der Waals surface area contributed by atoms with Crippen LogP contribution >= 0.6 is 24.0 Å². The standard InChI is InChI=1S/C20H31N5O.HI/c1-20(2,3)18(26-5)14-23-19(21-4)22-13-16-9-6-7-10-17(16)15-25-12-8-11-24-25;/h6-12,18H,13-15H2,1-5H3,(H2,21,22,23);1H. The summed E-state index contributed by atoms with van der Waals surface area (Å²) in [5.74, 6) is 0.769. The average molecular weight is 485 g/mol. The number of benzene rings is 1. The molecule has 2 N–H and O–H groups in total. The molecule has 0 bridgehead atoms. The molecule has 27 heavy (non-hydrogen) atoms. The van der Waals surface area contributed by atoms with Gasteiger partial charge in [-0.1, -0.05) is 45.0 Å². The third-order valence-corrected chi connectivity index (χ3v) is 4.39. The SMILES string of the molecule is CN=C(NCc1ccccc1Cn1cccn1)NCC(OC)C(C)(C)C.I. The molecule has 0 saturated carbocycles. The maximum Gasteiger partial charge on any atom is 0.191 e. The van der Waals surface area contributed by atoms with Crippen molar-refractivity contribution in [3.63, 3.8) is 0 Å². The molecule has 0 aliphatic rings. The summed E-state index contributed by atoms with van der Waals surface area (Å²) in [6.07, 6.45) is 3.88. The Morgan fingerprint density at radius 3 is 2.44 bits per heavy atom. The van der Waals surface area contributed by atoms with Crippen molar-refractivity contribution in [2.45, 2.75) is 40.0 Å². The lowest BCUT2D eigenvalue weighted by Crippen LogP contribution is -2.45. The zero-order valence-electron chi connectivity index (χ0n) is 16.9. The van der Waals surface area contributed by atoms with Crippen molar-refractivity contribution < 1.29 is 4.74 Å². The van der Waals surface area contributed by atoms with Crippen molar-refractivity contribution in [1.29, 1.82) is 0 Å². The summed E-state index contributed by atoms with van der Waals surface area (Å²) in [6, 6.07) is 10.3. The van der Waals surface area contributed by atoms with Crippen molar-refractivity contribution >= 4 is 29.9 Å². The first-order chi connectivity index (χ1) is 12.4. The molecule has 0 spiro atoms. The van der Waals surface area contributed by atoms with Crippen molar-refractivity contribution in [2.24, 2.45) is 10.4 Å².